The van der Waals surface area contributed by atoms with Crippen LogP contribution in [0.3, 0.4) is 0 Å². The van der Waals surface area contributed by atoms with Gasteiger partial charge in [-0.2, -0.15) is 0 Å². The number of piperazine rings is 1. The normalized spacial score (nSPS) is 15.4. The molecular weight excluding hydrogens is 231 g/mol. The van der Waals surface area contributed by atoms with Crippen molar-refractivity contribution in [2.75, 3.05) is 31.1 Å². The Morgan fingerprint density at radius 1 is 1.25 bits per heavy atom. The molecule has 1 aliphatic heterocycles. The lowest BCUT2D eigenvalue weighted by Gasteiger charge is -2.29. The van der Waals surface area contributed by atoms with Crippen LogP contribution in [-0.4, -0.2) is 32.5 Å². The average Bonchev–Trinajstić information content (AvgIpc) is 2.29. The molecule has 0 aliphatic carbocycles. The Bertz CT molecular complexity index is 367. The number of nitrogens with zero attached hydrogens (tertiary/aromatic N) is 1. The van der Waals surface area contributed by atoms with Gasteiger partial charge in [0, 0.05) is 37.4 Å². The molecule has 0 spiro atoms. The second kappa shape index (κ2) is 5.82. The molecule has 1 N–H and O–H groups in total. The summed E-state index contributed by atoms with van der Waals surface area (Å²) >= 11 is 0. The van der Waals surface area contributed by atoms with Crippen molar-refractivity contribution in [3.63, 3.8) is 0 Å². The van der Waals surface area contributed by atoms with E-state index in [2.05, 4.69) is 10.2 Å². The molecule has 0 aromatic heterocycles. The summed E-state index contributed by atoms with van der Waals surface area (Å²) in [4.78, 5) is 12.7. The lowest BCUT2D eigenvalue weighted by molar-refractivity contribution is 0.112. The summed E-state index contributed by atoms with van der Waals surface area (Å²) in [7, 11) is 0. The van der Waals surface area contributed by atoms with Crippen molar-refractivity contribution >= 4 is 24.4 Å². The van der Waals surface area contributed by atoms with Crippen LogP contribution in [0.15, 0.2) is 18.2 Å². The van der Waals surface area contributed by atoms with Gasteiger partial charge in [0.25, 0.3) is 0 Å². The van der Waals surface area contributed by atoms with Gasteiger partial charge in [-0.25, -0.2) is 4.39 Å². The predicted octanol–water partition coefficient (Wildman–Crippen LogP) is 1.47. The van der Waals surface area contributed by atoms with Crippen molar-refractivity contribution in [1.82, 2.24) is 5.32 Å². The molecule has 0 amide bonds. The highest BCUT2D eigenvalue weighted by atomic mass is 35.5. The van der Waals surface area contributed by atoms with E-state index in [1.54, 1.807) is 6.07 Å². The van der Waals surface area contributed by atoms with Crippen molar-refractivity contribution in [2.24, 2.45) is 0 Å². The molecule has 3 nitrogen and oxygen atoms in total. The van der Waals surface area contributed by atoms with E-state index in [1.807, 2.05) is 0 Å². The molecule has 1 aromatic rings. The van der Waals surface area contributed by atoms with Gasteiger partial charge < -0.3 is 10.2 Å². The van der Waals surface area contributed by atoms with Gasteiger partial charge in [0.1, 0.15) is 12.1 Å². The number of aldehydes is 1. The van der Waals surface area contributed by atoms with Crippen LogP contribution in [0, 0.1) is 5.82 Å². The van der Waals surface area contributed by atoms with E-state index in [0.29, 0.717) is 11.8 Å². The van der Waals surface area contributed by atoms with Crippen molar-refractivity contribution in [3.8, 4) is 0 Å². The van der Waals surface area contributed by atoms with Gasteiger partial charge in [0.05, 0.1) is 0 Å². The largest absolute Gasteiger partial charge is 0.369 e. The van der Waals surface area contributed by atoms with Crippen molar-refractivity contribution in [1.29, 1.82) is 0 Å². The van der Waals surface area contributed by atoms with Crippen molar-refractivity contribution in [3.05, 3.63) is 29.6 Å². The van der Waals surface area contributed by atoms with Crippen LogP contribution in [-0.2, 0) is 0 Å². The SMILES string of the molecule is Cl.O=Cc1cc(F)cc(N2CCNCC2)c1. The summed E-state index contributed by atoms with van der Waals surface area (Å²) in [6, 6.07) is 4.44. The molecule has 1 fully saturated rings. The zero-order valence-corrected chi connectivity index (χ0v) is 9.60. The molecule has 1 saturated heterocycles. The van der Waals surface area contributed by atoms with Crippen LogP contribution >= 0.6 is 12.4 Å². The molecule has 0 radical (unpaired) electrons. The topological polar surface area (TPSA) is 32.3 Å². The van der Waals surface area contributed by atoms with E-state index in [0.717, 1.165) is 31.9 Å². The first-order valence-electron chi connectivity index (χ1n) is 5.01. The Kier molecular flexibility index (Phi) is 4.71. The van der Waals surface area contributed by atoms with Gasteiger partial charge in [0.15, 0.2) is 0 Å². The van der Waals surface area contributed by atoms with Gasteiger partial charge >= 0.3 is 0 Å². The van der Waals surface area contributed by atoms with Gasteiger partial charge in [-0.3, -0.25) is 4.79 Å². The van der Waals surface area contributed by atoms with Gasteiger partial charge in [-0.05, 0) is 18.2 Å². The number of hydrogen-bond donors (Lipinski definition) is 1. The highest BCUT2D eigenvalue weighted by Crippen LogP contribution is 2.18. The smallest absolute Gasteiger partial charge is 0.150 e. The van der Waals surface area contributed by atoms with Crippen LogP contribution in [0.5, 0.6) is 0 Å². The molecule has 1 aliphatic rings. The highest BCUT2D eigenvalue weighted by Gasteiger charge is 2.11. The molecule has 2 rings (SSSR count). The number of rotatable bonds is 2. The number of benzene rings is 1. The second-order valence-electron chi connectivity index (χ2n) is 3.60. The molecule has 0 atom stereocenters. The first-order chi connectivity index (χ1) is 7.29. The maximum absolute atomic E-state index is 13.2. The second-order valence-corrected chi connectivity index (χ2v) is 3.60. The molecule has 16 heavy (non-hydrogen) atoms. The minimum absolute atomic E-state index is 0. The first kappa shape index (κ1) is 12.9. The van der Waals surface area contributed by atoms with Crippen LogP contribution in [0.4, 0.5) is 10.1 Å². The fourth-order valence-corrected chi connectivity index (χ4v) is 1.77. The summed E-state index contributed by atoms with van der Waals surface area (Å²) in [6.45, 7) is 3.49. The lowest BCUT2D eigenvalue weighted by Crippen LogP contribution is -2.43. The number of carbonyl (C=O) groups is 1. The van der Waals surface area contributed by atoms with Gasteiger partial charge in [-0.1, -0.05) is 0 Å². The minimum atomic E-state index is -0.354. The Morgan fingerprint density at radius 2 is 1.94 bits per heavy atom. The predicted molar refractivity (Wildman–Crippen MR) is 64.1 cm³/mol. The third kappa shape index (κ3) is 2.93. The van der Waals surface area contributed by atoms with E-state index in [4.69, 9.17) is 0 Å². The number of anilines is 1. The van der Waals surface area contributed by atoms with E-state index in [9.17, 15) is 9.18 Å². The van der Waals surface area contributed by atoms with Crippen LogP contribution in [0.25, 0.3) is 0 Å². The van der Waals surface area contributed by atoms with E-state index < -0.39 is 0 Å². The fraction of sp³-hybridized carbons (Fsp3) is 0.364. The minimum Gasteiger partial charge on any atom is -0.369 e. The third-order valence-electron chi connectivity index (χ3n) is 2.52. The van der Waals surface area contributed by atoms with Crippen molar-refractivity contribution < 1.29 is 9.18 Å². The Balaban J connectivity index is 0.00000128. The Morgan fingerprint density at radius 3 is 2.56 bits per heavy atom. The fourth-order valence-electron chi connectivity index (χ4n) is 1.77. The highest BCUT2D eigenvalue weighted by molar-refractivity contribution is 5.85. The summed E-state index contributed by atoms with van der Waals surface area (Å²) < 4.78 is 13.2. The van der Waals surface area contributed by atoms with Crippen LogP contribution < -0.4 is 10.2 Å². The summed E-state index contributed by atoms with van der Waals surface area (Å²) in [5.41, 5.74) is 1.18. The summed E-state index contributed by atoms with van der Waals surface area (Å²) in [5.74, 6) is -0.354. The molecule has 0 unspecified atom stereocenters. The van der Waals surface area contributed by atoms with Crippen LogP contribution in [0.1, 0.15) is 10.4 Å². The molecule has 1 heterocycles. The molecule has 0 bridgehead atoms. The number of hydrogen-bond acceptors (Lipinski definition) is 3. The Labute approximate surface area is 100 Å². The molecular formula is C11H14ClFN2O. The number of carbonyl (C=O) groups excluding carboxylic acids is 1. The average molecular weight is 245 g/mol. The monoisotopic (exact) mass is 244 g/mol. The zero-order valence-electron chi connectivity index (χ0n) is 8.78. The zero-order chi connectivity index (χ0) is 10.7. The maximum atomic E-state index is 13.2. The number of nitrogens with one attached hydrogen (secondary N) is 1. The van der Waals surface area contributed by atoms with Gasteiger partial charge in [0.2, 0.25) is 0 Å². The quantitative estimate of drug-likeness (QED) is 0.800. The molecule has 88 valence electrons. The van der Waals surface area contributed by atoms with Crippen molar-refractivity contribution in [2.45, 2.75) is 0 Å². The maximum Gasteiger partial charge on any atom is 0.150 e. The number of halogens is 2. The molecule has 1 aromatic carbocycles. The molecule has 0 saturated carbocycles. The summed E-state index contributed by atoms with van der Waals surface area (Å²) in [5, 5.41) is 3.22. The summed E-state index contributed by atoms with van der Waals surface area (Å²) in [6.07, 6.45) is 0.675. The Hall–Kier alpha value is -1.13. The third-order valence-corrected chi connectivity index (χ3v) is 2.52. The lowest BCUT2D eigenvalue weighted by atomic mass is 10.2. The standard InChI is InChI=1S/C11H13FN2O.ClH/c12-10-5-9(8-15)6-11(7-10)14-3-1-13-2-4-14;/h5-8,13H,1-4H2;1H. The van der Waals surface area contributed by atoms with Gasteiger partial charge in [-0.15, -0.1) is 12.4 Å². The first-order valence-corrected chi connectivity index (χ1v) is 5.01. The van der Waals surface area contributed by atoms with E-state index >= 15 is 0 Å². The van der Waals surface area contributed by atoms with E-state index in [-0.39, 0.29) is 18.2 Å². The van der Waals surface area contributed by atoms with Crippen LogP contribution in [0.2, 0.25) is 0 Å². The molecule has 5 heteroatoms. The van der Waals surface area contributed by atoms with E-state index in [1.165, 1.54) is 12.1 Å².